The zero-order valence-corrected chi connectivity index (χ0v) is 7.92. The molecule has 1 aliphatic rings. The lowest BCUT2D eigenvalue weighted by Crippen LogP contribution is -2.36. The van der Waals surface area contributed by atoms with E-state index in [0.717, 1.165) is 32.0 Å². The summed E-state index contributed by atoms with van der Waals surface area (Å²) in [6.07, 6.45) is 2.76. The zero-order chi connectivity index (χ0) is 9.10. The van der Waals surface area contributed by atoms with Crippen LogP contribution in [0.3, 0.4) is 0 Å². The molecule has 4 heteroatoms. The Morgan fingerprint density at radius 2 is 2.23 bits per heavy atom. The van der Waals surface area contributed by atoms with E-state index in [9.17, 15) is 0 Å². The summed E-state index contributed by atoms with van der Waals surface area (Å²) in [5, 5.41) is 0.490. The second-order valence-electron chi connectivity index (χ2n) is 2.88. The van der Waals surface area contributed by atoms with Crippen LogP contribution in [-0.4, -0.2) is 31.3 Å². The van der Waals surface area contributed by atoms with Crippen LogP contribution in [0.4, 0.5) is 5.69 Å². The highest BCUT2D eigenvalue weighted by Crippen LogP contribution is 2.17. The largest absolute Gasteiger partial charge is 0.378 e. The molecule has 1 radical (unpaired) electrons. The Balaban J connectivity index is 2.14. The van der Waals surface area contributed by atoms with Gasteiger partial charge in [0, 0.05) is 18.8 Å². The minimum Gasteiger partial charge on any atom is -0.378 e. The molecular formula is C9H10ClN2O. The normalized spacial score (nSPS) is 17.5. The summed E-state index contributed by atoms with van der Waals surface area (Å²) in [5.41, 5.74) is 1.07. The number of aromatic nitrogens is 1. The van der Waals surface area contributed by atoms with Gasteiger partial charge in [0.15, 0.2) is 0 Å². The molecule has 0 saturated carbocycles. The average molecular weight is 198 g/mol. The van der Waals surface area contributed by atoms with Crippen LogP contribution < -0.4 is 4.90 Å². The zero-order valence-electron chi connectivity index (χ0n) is 7.16. The van der Waals surface area contributed by atoms with Crippen LogP contribution in [0.25, 0.3) is 0 Å². The van der Waals surface area contributed by atoms with Gasteiger partial charge in [0.25, 0.3) is 0 Å². The van der Waals surface area contributed by atoms with E-state index < -0.39 is 0 Å². The highest BCUT2D eigenvalue weighted by Gasteiger charge is 2.10. The van der Waals surface area contributed by atoms with E-state index in [-0.39, 0.29) is 0 Å². The third kappa shape index (κ3) is 2.11. The van der Waals surface area contributed by atoms with Gasteiger partial charge in [-0.3, -0.25) is 0 Å². The van der Waals surface area contributed by atoms with E-state index in [1.54, 1.807) is 0 Å². The van der Waals surface area contributed by atoms with Crippen molar-refractivity contribution < 1.29 is 4.74 Å². The number of nitrogens with zero attached hydrogens (tertiary/aromatic N) is 2. The van der Waals surface area contributed by atoms with E-state index >= 15 is 0 Å². The quantitative estimate of drug-likeness (QED) is 0.636. The van der Waals surface area contributed by atoms with Crippen molar-refractivity contribution in [3.05, 3.63) is 23.5 Å². The molecule has 69 valence electrons. The molecule has 1 aliphatic heterocycles. The molecule has 0 amide bonds. The summed E-state index contributed by atoms with van der Waals surface area (Å²) < 4.78 is 5.25. The number of pyridine rings is 1. The number of hydrogen-bond donors (Lipinski definition) is 0. The first kappa shape index (κ1) is 8.78. The van der Waals surface area contributed by atoms with Crippen molar-refractivity contribution >= 4 is 17.3 Å². The maximum atomic E-state index is 5.76. The van der Waals surface area contributed by atoms with Gasteiger partial charge in [-0.1, -0.05) is 11.6 Å². The Labute approximate surface area is 82.3 Å². The van der Waals surface area contributed by atoms with Crippen molar-refractivity contribution in [1.82, 2.24) is 4.98 Å². The molecule has 1 fully saturated rings. The van der Waals surface area contributed by atoms with Gasteiger partial charge in [0.05, 0.1) is 19.4 Å². The molecule has 2 rings (SSSR count). The number of ether oxygens (including phenoxy) is 1. The maximum Gasteiger partial charge on any atom is 0.131 e. The molecule has 1 aromatic rings. The highest BCUT2D eigenvalue weighted by atomic mass is 35.5. The molecule has 0 unspecified atom stereocenters. The van der Waals surface area contributed by atoms with Crippen molar-refractivity contribution in [2.75, 3.05) is 31.2 Å². The molecule has 0 N–H and O–H groups in total. The Bertz CT molecular complexity index is 287. The molecule has 0 atom stereocenters. The van der Waals surface area contributed by atoms with Crippen LogP contribution in [0.15, 0.2) is 12.1 Å². The van der Waals surface area contributed by atoms with E-state index in [0.29, 0.717) is 5.15 Å². The predicted molar refractivity (Wildman–Crippen MR) is 51.1 cm³/mol. The van der Waals surface area contributed by atoms with Crippen LogP contribution in [0.1, 0.15) is 0 Å². The minimum atomic E-state index is 0.490. The first-order valence-corrected chi connectivity index (χ1v) is 4.60. The Morgan fingerprint density at radius 1 is 1.46 bits per heavy atom. The summed E-state index contributed by atoms with van der Waals surface area (Å²) in [6, 6.07) is 3.70. The lowest BCUT2D eigenvalue weighted by Gasteiger charge is -2.28. The number of morpholine rings is 1. The van der Waals surface area contributed by atoms with E-state index in [1.807, 2.05) is 12.1 Å². The molecule has 1 aromatic heterocycles. The Morgan fingerprint density at radius 3 is 2.92 bits per heavy atom. The van der Waals surface area contributed by atoms with Crippen LogP contribution in [-0.2, 0) is 4.74 Å². The van der Waals surface area contributed by atoms with Crippen LogP contribution in [0.5, 0.6) is 0 Å². The number of hydrogen-bond acceptors (Lipinski definition) is 3. The molecule has 3 nitrogen and oxygen atoms in total. The Kier molecular flexibility index (Phi) is 2.66. The fraction of sp³-hybridized carbons (Fsp3) is 0.444. The minimum absolute atomic E-state index is 0.490. The van der Waals surface area contributed by atoms with Crippen molar-refractivity contribution in [2.45, 2.75) is 0 Å². The second-order valence-corrected chi connectivity index (χ2v) is 3.26. The summed E-state index contributed by atoms with van der Waals surface area (Å²) in [7, 11) is 0. The molecule has 1 saturated heterocycles. The topological polar surface area (TPSA) is 25.4 Å². The van der Waals surface area contributed by atoms with Crippen LogP contribution >= 0.6 is 11.6 Å². The molecule has 0 spiro atoms. The van der Waals surface area contributed by atoms with Crippen LogP contribution in [0, 0.1) is 6.20 Å². The van der Waals surface area contributed by atoms with Gasteiger partial charge in [-0.15, -0.1) is 0 Å². The Hall–Kier alpha value is -0.800. The third-order valence-electron chi connectivity index (χ3n) is 2.03. The first-order valence-electron chi connectivity index (χ1n) is 4.22. The lowest BCUT2D eigenvalue weighted by atomic mass is 10.3. The van der Waals surface area contributed by atoms with Gasteiger partial charge >= 0.3 is 0 Å². The van der Waals surface area contributed by atoms with Crippen molar-refractivity contribution in [1.29, 1.82) is 0 Å². The fourth-order valence-electron chi connectivity index (χ4n) is 1.36. The molecule has 0 aliphatic carbocycles. The smallest absolute Gasteiger partial charge is 0.131 e. The molecule has 0 bridgehead atoms. The SMILES string of the molecule is Clc1cc(N2CCOCC2)c[c]n1. The standard InChI is InChI=1S/C9H10ClN2O/c10-9-7-8(1-2-11-9)12-3-5-13-6-4-12/h1,7H,3-6H2. The monoisotopic (exact) mass is 197 g/mol. The molecule has 13 heavy (non-hydrogen) atoms. The summed E-state index contributed by atoms with van der Waals surface area (Å²) in [6.45, 7) is 3.38. The number of anilines is 1. The van der Waals surface area contributed by atoms with E-state index in [4.69, 9.17) is 16.3 Å². The van der Waals surface area contributed by atoms with E-state index in [1.165, 1.54) is 0 Å². The number of rotatable bonds is 1. The van der Waals surface area contributed by atoms with Gasteiger partial charge in [-0.25, -0.2) is 4.98 Å². The highest BCUT2D eigenvalue weighted by molar-refractivity contribution is 6.29. The maximum absolute atomic E-state index is 5.76. The number of halogens is 1. The summed E-state index contributed by atoms with van der Waals surface area (Å²) in [4.78, 5) is 6.03. The average Bonchev–Trinajstić information content (AvgIpc) is 2.19. The second kappa shape index (κ2) is 3.94. The van der Waals surface area contributed by atoms with Crippen molar-refractivity contribution in [3.63, 3.8) is 0 Å². The van der Waals surface area contributed by atoms with Crippen molar-refractivity contribution in [3.8, 4) is 0 Å². The predicted octanol–water partition coefficient (Wildman–Crippen LogP) is 1.37. The molecular weight excluding hydrogens is 188 g/mol. The van der Waals surface area contributed by atoms with Gasteiger partial charge in [0.2, 0.25) is 0 Å². The molecule has 0 aromatic carbocycles. The van der Waals surface area contributed by atoms with Gasteiger partial charge < -0.3 is 9.64 Å². The summed E-state index contributed by atoms with van der Waals surface area (Å²) >= 11 is 5.76. The van der Waals surface area contributed by atoms with E-state index in [2.05, 4.69) is 16.1 Å². The third-order valence-corrected chi connectivity index (χ3v) is 2.22. The van der Waals surface area contributed by atoms with Crippen LogP contribution in [0.2, 0.25) is 5.15 Å². The fourth-order valence-corrected chi connectivity index (χ4v) is 1.52. The van der Waals surface area contributed by atoms with Crippen molar-refractivity contribution in [2.24, 2.45) is 0 Å². The lowest BCUT2D eigenvalue weighted by molar-refractivity contribution is 0.122. The van der Waals surface area contributed by atoms with Gasteiger partial charge in [-0.2, -0.15) is 0 Å². The summed E-state index contributed by atoms with van der Waals surface area (Å²) in [5.74, 6) is 0. The molecule has 2 heterocycles. The van der Waals surface area contributed by atoms with Gasteiger partial charge in [-0.05, 0) is 12.1 Å². The first-order chi connectivity index (χ1) is 6.36. The van der Waals surface area contributed by atoms with Gasteiger partial charge in [0.1, 0.15) is 5.15 Å².